The van der Waals surface area contributed by atoms with Gasteiger partial charge in [-0.25, -0.2) is 4.79 Å². The van der Waals surface area contributed by atoms with Crippen molar-refractivity contribution in [1.29, 1.82) is 0 Å². The first kappa shape index (κ1) is 9.39. The first-order valence-corrected chi connectivity index (χ1v) is 3.04. The molecule has 0 aliphatic carbocycles. The summed E-state index contributed by atoms with van der Waals surface area (Å²) >= 11 is 0. The van der Waals surface area contributed by atoms with Gasteiger partial charge in [0, 0.05) is 6.92 Å². The Kier molecular flexibility index (Phi) is 3.99. The molecule has 0 fully saturated rings. The third kappa shape index (κ3) is 4.29. The van der Waals surface area contributed by atoms with Crippen molar-refractivity contribution in [2.24, 2.45) is 0 Å². The smallest absolute Gasteiger partial charge is 0.297 e. The van der Waals surface area contributed by atoms with Crippen LogP contribution in [0.5, 0.6) is 0 Å². The van der Waals surface area contributed by atoms with Crippen molar-refractivity contribution < 1.29 is 14.6 Å². The molecule has 1 atom stereocenters. The summed E-state index contributed by atoms with van der Waals surface area (Å²) in [5, 5.41) is 0. The monoisotopic (exact) mass is 147 g/mol. The maximum atomic E-state index is 10.2. The molecule has 0 spiro atoms. The maximum Gasteiger partial charge on any atom is 0.339 e. The summed E-state index contributed by atoms with van der Waals surface area (Å²) in [5.74, 6) is -0.436. The zero-order valence-electron chi connectivity index (χ0n) is 6.75. The lowest BCUT2D eigenvalue weighted by Crippen LogP contribution is -2.28. The van der Waals surface area contributed by atoms with E-state index >= 15 is 0 Å². The predicted molar refractivity (Wildman–Crippen MR) is 36.0 cm³/mol. The van der Waals surface area contributed by atoms with Gasteiger partial charge in [0.15, 0.2) is 6.23 Å². The molecule has 0 aromatic rings. The van der Waals surface area contributed by atoms with E-state index in [2.05, 4.69) is 9.78 Å². The zero-order valence-corrected chi connectivity index (χ0v) is 6.75. The van der Waals surface area contributed by atoms with Crippen LogP contribution in [0.2, 0.25) is 0 Å². The molecule has 0 aliphatic heterocycles. The topological polar surface area (TPSA) is 38.8 Å². The van der Waals surface area contributed by atoms with E-state index in [1.165, 1.54) is 6.92 Å². The number of rotatable bonds is 3. The molecule has 0 bridgehead atoms. The van der Waals surface area contributed by atoms with Gasteiger partial charge in [0.1, 0.15) is 0 Å². The summed E-state index contributed by atoms with van der Waals surface area (Å²) < 4.78 is 0. The van der Waals surface area contributed by atoms with Crippen LogP contribution >= 0.6 is 0 Å². The zero-order chi connectivity index (χ0) is 8.15. The quantitative estimate of drug-likeness (QED) is 0.329. The van der Waals surface area contributed by atoms with Gasteiger partial charge in [-0.15, -0.1) is 0 Å². The minimum absolute atomic E-state index is 0.205. The Labute approximate surface area is 60.6 Å². The number of carbonyl (C=O) groups excluding carboxylic acids is 1. The molecule has 0 heterocycles. The second-order valence-corrected chi connectivity index (χ2v) is 2.23. The van der Waals surface area contributed by atoms with Gasteiger partial charge in [-0.2, -0.15) is 4.89 Å². The molecule has 0 rings (SSSR count). The minimum atomic E-state index is -0.436. The van der Waals surface area contributed by atoms with Gasteiger partial charge in [-0.1, -0.05) is 0 Å². The van der Waals surface area contributed by atoms with Crippen LogP contribution in [0.1, 0.15) is 13.8 Å². The molecule has 4 heteroatoms. The number of hydrogen-bond donors (Lipinski definition) is 0. The fourth-order valence-corrected chi connectivity index (χ4v) is 0.223. The van der Waals surface area contributed by atoms with Crippen LogP contribution in [0.4, 0.5) is 0 Å². The molecule has 0 aromatic carbocycles. The molecule has 0 aromatic heterocycles. The van der Waals surface area contributed by atoms with E-state index in [0.717, 1.165) is 0 Å². The van der Waals surface area contributed by atoms with Crippen LogP contribution in [0.15, 0.2) is 0 Å². The average Bonchev–Trinajstić information content (AvgIpc) is 1.82. The molecule has 4 nitrogen and oxygen atoms in total. The van der Waals surface area contributed by atoms with Crippen molar-refractivity contribution in [1.82, 2.24) is 4.90 Å². The SMILES string of the molecule is CC(=O)OOC(C)N(C)C. The summed E-state index contributed by atoms with van der Waals surface area (Å²) in [5.41, 5.74) is 0. The van der Waals surface area contributed by atoms with Crippen molar-refractivity contribution in [3.05, 3.63) is 0 Å². The lowest BCUT2D eigenvalue weighted by atomic mass is 10.6. The summed E-state index contributed by atoms with van der Waals surface area (Å²) in [7, 11) is 3.66. The summed E-state index contributed by atoms with van der Waals surface area (Å²) in [4.78, 5) is 20.9. The minimum Gasteiger partial charge on any atom is -0.297 e. The van der Waals surface area contributed by atoms with Gasteiger partial charge in [0.2, 0.25) is 0 Å². The number of nitrogens with zero attached hydrogens (tertiary/aromatic N) is 1. The fraction of sp³-hybridized carbons (Fsp3) is 0.833. The van der Waals surface area contributed by atoms with Gasteiger partial charge in [0.05, 0.1) is 0 Å². The molecule has 60 valence electrons. The molecule has 0 amide bonds. The van der Waals surface area contributed by atoms with Crippen LogP contribution in [0, 0.1) is 0 Å². The maximum absolute atomic E-state index is 10.2. The third-order valence-corrected chi connectivity index (χ3v) is 1.03. The largest absolute Gasteiger partial charge is 0.339 e. The normalized spacial score (nSPS) is 13.3. The summed E-state index contributed by atoms with van der Waals surface area (Å²) in [6, 6.07) is 0. The Morgan fingerprint density at radius 3 is 2.30 bits per heavy atom. The highest BCUT2D eigenvalue weighted by Crippen LogP contribution is 1.94. The highest BCUT2D eigenvalue weighted by Gasteiger charge is 2.06. The van der Waals surface area contributed by atoms with E-state index in [-0.39, 0.29) is 6.23 Å². The van der Waals surface area contributed by atoms with Crippen molar-refractivity contribution in [3.63, 3.8) is 0 Å². The molecule has 0 aliphatic rings. The van der Waals surface area contributed by atoms with Crippen LogP contribution in [0.3, 0.4) is 0 Å². The van der Waals surface area contributed by atoms with Crippen molar-refractivity contribution in [2.45, 2.75) is 20.1 Å². The molecular formula is C6H13NO3. The van der Waals surface area contributed by atoms with Gasteiger partial charge in [0.25, 0.3) is 0 Å². The lowest BCUT2D eigenvalue weighted by molar-refractivity contribution is -0.314. The molecule has 0 radical (unpaired) electrons. The van der Waals surface area contributed by atoms with Crippen LogP contribution in [0.25, 0.3) is 0 Å². The van der Waals surface area contributed by atoms with Gasteiger partial charge >= 0.3 is 5.97 Å². The van der Waals surface area contributed by atoms with E-state index < -0.39 is 5.97 Å². The van der Waals surface area contributed by atoms with Crippen LogP contribution in [-0.2, 0) is 14.6 Å². The van der Waals surface area contributed by atoms with Gasteiger partial charge in [-0.3, -0.25) is 9.79 Å². The second kappa shape index (κ2) is 4.24. The van der Waals surface area contributed by atoms with E-state index in [9.17, 15) is 4.79 Å². The summed E-state index contributed by atoms with van der Waals surface area (Å²) in [6.07, 6.45) is -0.205. The van der Waals surface area contributed by atoms with Crippen molar-refractivity contribution in [2.75, 3.05) is 14.1 Å². The molecule has 10 heavy (non-hydrogen) atoms. The lowest BCUT2D eigenvalue weighted by Gasteiger charge is -2.16. The standard InChI is InChI=1S/C6H13NO3/c1-5(7(3)4)9-10-6(2)8/h5H,1-4H3. The fourth-order valence-electron chi connectivity index (χ4n) is 0.223. The Bertz CT molecular complexity index is 114. The Hall–Kier alpha value is -0.610. The highest BCUT2D eigenvalue weighted by molar-refractivity contribution is 5.65. The van der Waals surface area contributed by atoms with E-state index in [0.29, 0.717) is 0 Å². The molecule has 1 unspecified atom stereocenters. The van der Waals surface area contributed by atoms with Crippen molar-refractivity contribution >= 4 is 5.97 Å². The first-order chi connectivity index (χ1) is 4.54. The van der Waals surface area contributed by atoms with Gasteiger partial charge < -0.3 is 0 Å². The Morgan fingerprint density at radius 1 is 1.50 bits per heavy atom. The third-order valence-electron chi connectivity index (χ3n) is 1.03. The van der Waals surface area contributed by atoms with Crippen LogP contribution < -0.4 is 0 Å². The van der Waals surface area contributed by atoms with E-state index in [1.807, 2.05) is 14.1 Å². The van der Waals surface area contributed by atoms with Crippen molar-refractivity contribution in [3.8, 4) is 0 Å². The van der Waals surface area contributed by atoms with E-state index in [4.69, 9.17) is 0 Å². The van der Waals surface area contributed by atoms with Crippen LogP contribution in [-0.4, -0.2) is 31.2 Å². The number of carbonyl (C=O) groups is 1. The number of hydrogen-bond acceptors (Lipinski definition) is 4. The Balaban J connectivity index is 3.39. The molecule has 0 N–H and O–H groups in total. The first-order valence-electron chi connectivity index (χ1n) is 3.04. The molecule has 0 saturated carbocycles. The average molecular weight is 147 g/mol. The molecule has 0 saturated heterocycles. The predicted octanol–water partition coefficient (Wildman–Crippen LogP) is 0.389. The second-order valence-electron chi connectivity index (χ2n) is 2.23. The molecular weight excluding hydrogens is 134 g/mol. The van der Waals surface area contributed by atoms with E-state index in [1.54, 1.807) is 11.8 Å². The highest BCUT2D eigenvalue weighted by atomic mass is 17.2. The summed E-state index contributed by atoms with van der Waals surface area (Å²) in [6.45, 7) is 3.07. The van der Waals surface area contributed by atoms with Gasteiger partial charge in [-0.05, 0) is 21.0 Å². The Morgan fingerprint density at radius 2 is 2.00 bits per heavy atom.